The van der Waals surface area contributed by atoms with E-state index in [1.807, 2.05) is 100 Å². The van der Waals surface area contributed by atoms with Gasteiger partial charge in [-0.1, -0.05) is 140 Å². The summed E-state index contributed by atoms with van der Waals surface area (Å²) in [4.78, 5) is 51.4. The summed E-state index contributed by atoms with van der Waals surface area (Å²) in [5.41, 5.74) is 1.96. The van der Waals surface area contributed by atoms with Crippen LogP contribution >= 0.6 is 0 Å². The van der Waals surface area contributed by atoms with Crippen molar-refractivity contribution in [3.8, 4) is 11.5 Å². The summed E-state index contributed by atoms with van der Waals surface area (Å²) in [6.45, 7) is 7.85. The molecular weight excluding hydrogens is 757 g/mol. The molecule has 0 saturated carbocycles. The van der Waals surface area contributed by atoms with Crippen LogP contribution in [-0.2, 0) is 19.2 Å². The van der Waals surface area contributed by atoms with Crippen LogP contribution in [-0.4, -0.2) is 59.3 Å². The lowest BCUT2D eigenvalue weighted by molar-refractivity contribution is -0.135. The van der Waals surface area contributed by atoms with Crippen molar-refractivity contribution in [3.63, 3.8) is 0 Å². The van der Waals surface area contributed by atoms with Crippen molar-refractivity contribution in [1.82, 2.24) is 10.6 Å². The van der Waals surface area contributed by atoms with Gasteiger partial charge in [0.25, 0.3) is 0 Å². The molecule has 2 aliphatic rings. The number of benzene rings is 4. The Morgan fingerprint density at radius 1 is 0.517 bits per heavy atom. The number of carbonyl (C=O) groups is 4. The lowest BCUT2D eigenvalue weighted by Gasteiger charge is -2.26. The normalized spacial score (nSPS) is 21.5. The number of rotatable bonds is 21. The molecule has 322 valence electrons. The van der Waals surface area contributed by atoms with E-state index in [-0.39, 0.29) is 84.6 Å². The molecule has 0 radical (unpaired) electrons. The van der Waals surface area contributed by atoms with Gasteiger partial charge in [0.15, 0.2) is 0 Å². The minimum atomic E-state index is -0.360. The predicted molar refractivity (Wildman–Crippen MR) is 235 cm³/mol. The number of unbranched alkanes of at least 4 members (excludes halogenated alkanes) is 9. The summed E-state index contributed by atoms with van der Waals surface area (Å²) in [5.74, 6) is -0.176. The van der Waals surface area contributed by atoms with Crippen LogP contribution in [0.4, 0.5) is 0 Å². The average Bonchev–Trinajstić information content (AvgIpc) is 3.76. The summed E-state index contributed by atoms with van der Waals surface area (Å²) in [6, 6.07) is 22.4. The van der Waals surface area contributed by atoms with Gasteiger partial charge in [0.05, 0.1) is 25.3 Å². The second-order valence-electron chi connectivity index (χ2n) is 17.6. The van der Waals surface area contributed by atoms with Crippen LogP contribution in [0.15, 0.2) is 72.8 Å². The Hall–Kier alpha value is -4.80. The molecule has 0 unspecified atom stereocenters. The molecule has 6 rings (SSSR count). The van der Waals surface area contributed by atoms with Gasteiger partial charge in [0, 0.05) is 47.3 Å². The molecule has 4 N–H and O–H groups in total. The second kappa shape index (κ2) is 21.1. The predicted octanol–water partition coefficient (Wildman–Crippen LogP) is 8.88. The number of nitrogens with one attached hydrogen (secondary N) is 2. The maximum absolute atomic E-state index is 12.9. The van der Waals surface area contributed by atoms with Crippen LogP contribution in [0.1, 0.15) is 128 Å². The Bertz CT molecular complexity index is 1960. The Morgan fingerprint density at radius 2 is 0.850 bits per heavy atom. The van der Waals surface area contributed by atoms with Gasteiger partial charge in [0.2, 0.25) is 11.8 Å². The smallest absolute Gasteiger partial charge is 0.311 e. The zero-order chi connectivity index (χ0) is 42.8. The molecule has 2 fully saturated rings. The van der Waals surface area contributed by atoms with E-state index < -0.39 is 0 Å². The Balaban J connectivity index is 0.862. The fourth-order valence-electron chi connectivity index (χ4n) is 9.79. The van der Waals surface area contributed by atoms with Crippen LogP contribution < -0.4 is 20.1 Å². The largest absolute Gasteiger partial charge is 0.426 e. The van der Waals surface area contributed by atoms with Crippen molar-refractivity contribution in [2.45, 2.75) is 129 Å². The lowest BCUT2D eigenvalue weighted by Crippen LogP contribution is -2.31. The number of hydrogen-bond donors (Lipinski definition) is 4. The number of esters is 2. The van der Waals surface area contributed by atoms with E-state index in [0.29, 0.717) is 24.3 Å². The van der Waals surface area contributed by atoms with E-state index in [1.54, 1.807) is 0 Å². The van der Waals surface area contributed by atoms with Gasteiger partial charge < -0.3 is 30.3 Å². The first-order valence-electron chi connectivity index (χ1n) is 22.3. The third-order valence-corrected chi connectivity index (χ3v) is 12.7. The van der Waals surface area contributed by atoms with Gasteiger partial charge in [-0.2, -0.15) is 0 Å². The summed E-state index contributed by atoms with van der Waals surface area (Å²) in [7, 11) is 0. The maximum Gasteiger partial charge on any atom is 0.311 e. The molecule has 2 heterocycles. The topological polar surface area (TPSA) is 151 Å². The second-order valence-corrected chi connectivity index (χ2v) is 17.6. The molecule has 2 amide bonds. The first kappa shape index (κ1) is 44.7. The molecule has 6 atom stereocenters. The number of hydrogen-bond acceptors (Lipinski definition) is 8. The molecule has 0 spiro atoms. The zero-order valence-electron chi connectivity index (χ0n) is 35.8. The third kappa shape index (κ3) is 10.4. The van der Waals surface area contributed by atoms with Crippen LogP contribution in [0, 0.1) is 23.7 Å². The molecular formula is C50H64N2O8. The third-order valence-electron chi connectivity index (χ3n) is 12.7. The first-order chi connectivity index (χ1) is 29.0. The number of carbonyl (C=O) groups excluding carboxylic acids is 4. The van der Waals surface area contributed by atoms with Gasteiger partial charge in [-0.3, -0.25) is 19.2 Å². The molecule has 0 aromatic heterocycles. The first-order valence-corrected chi connectivity index (χ1v) is 22.3. The number of ether oxygens (including phenoxy) is 2. The van der Waals surface area contributed by atoms with Crippen LogP contribution in [0.3, 0.4) is 0 Å². The fraction of sp³-hybridized carbons (Fsp3) is 0.520. The highest BCUT2D eigenvalue weighted by molar-refractivity contribution is 5.96. The van der Waals surface area contributed by atoms with E-state index >= 15 is 0 Å². The number of amides is 2. The molecule has 60 heavy (non-hydrogen) atoms. The lowest BCUT2D eigenvalue weighted by atomic mass is 9.77. The molecule has 0 bridgehead atoms. The van der Waals surface area contributed by atoms with Gasteiger partial charge in [-0.05, 0) is 58.7 Å². The van der Waals surface area contributed by atoms with E-state index in [0.717, 1.165) is 96.9 Å². The molecule has 4 aromatic carbocycles. The summed E-state index contributed by atoms with van der Waals surface area (Å²) >= 11 is 0. The van der Waals surface area contributed by atoms with Gasteiger partial charge in [0.1, 0.15) is 11.5 Å². The number of aliphatic hydroxyl groups is 2. The van der Waals surface area contributed by atoms with E-state index in [9.17, 15) is 29.4 Å². The molecule has 4 aromatic rings. The molecule has 0 aliphatic carbocycles. The van der Waals surface area contributed by atoms with E-state index in [2.05, 4.69) is 10.6 Å². The average molecular weight is 821 g/mol. The van der Waals surface area contributed by atoms with Crippen molar-refractivity contribution < 1.29 is 38.9 Å². The molecule has 2 aliphatic heterocycles. The molecule has 10 nitrogen and oxygen atoms in total. The molecule has 10 heteroatoms. The minimum Gasteiger partial charge on any atom is -0.426 e. The van der Waals surface area contributed by atoms with Crippen LogP contribution in [0.5, 0.6) is 11.5 Å². The zero-order valence-corrected chi connectivity index (χ0v) is 35.8. The van der Waals surface area contributed by atoms with Crippen molar-refractivity contribution >= 4 is 45.3 Å². The van der Waals surface area contributed by atoms with E-state index in [1.165, 1.54) is 0 Å². The van der Waals surface area contributed by atoms with Crippen molar-refractivity contribution in [2.75, 3.05) is 13.2 Å². The highest BCUT2D eigenvalue weighted by Crippen LogP contribution is 2.44. The SMILES string of the molecule is CC(C)[C@H]1C(=O)N[C@H](CO)[C@H]1c1ccc(OC(=O)CCCCCCCCCCCCC(=O)Oc2ccc([C@H]3[C@@H](C(C)C)C(=O)N[C@@H]3CO)c3ccccc23)c2ccccc12. The summed E-state index contributed by atoms with van der Waals surface area (Å²) in [6.07, 6.45) is 10.9. The highest BCUT2D eigenvalue weighted by Gasteiger charge is 2.46. The number of fused-ring (bicyclic) bond motifs is 2. The molecule has 2 saturated heterocycles. The van der Waals surface area contributed by atoms with Gasteiger partial charge in [-0.25, -0.2) is 0 Å². The highest BCUT2D eigenvalue weighted by atomic mass is 16.5. The van der Waals surface area contributed by atoms with Crippen molar-refractivity contribution in [1.29, 1.82) is 0 Å². The van der Waals surface area contributed by atoms with Gasteiger partial charge >= 0.3 is 11.9 Å². The quantitative estimate of drug-likeness (QED) is 0.0370. The standard InChI is InChI=1S/C50H64N2O8/c1-31(2)45-47(39(29-53)51-49(45)57)37-25-27-41(35-21-17-15-19-33(35)37)59-43(55)23-13-11-9-7-5-6-8-10-12-14-24-44(56)60-42-28-26-38(34-20-16-18-22-36(34)42)48-40(30-54)52-50(58)46(48)32(3)4/h15-22,25-28,31-32,39-40,45-48,53-54H,5-14,23-24,29-30H2,1-4H3,(H,51,57)(H,52,58)/t39-,40-,45-,46-,47-,48-/m1/s1. The van der Waals surface area contributed by atoms with Gasteiger partial charge in [-0.15, -0.1) is 0 Å². The summed E-state index contributed by atoms with van der Waals surface area (Å²) in [5, 5.41) is 29.6. The van der Waals surface area contributed by atoms with Crippen molar-refractivity contribution in [3.05, 3.63) is 83.9 Å². The fourth-order valence-corrected chi connectivity index (χ4v) is 9.79. The van der Waals surface area contributed by atoms with E-state index in [4.69, 9.17) is 9.47 Å². The minimum absolute atomic E-state index is 0.0343. The monoisotopic (exact) mass is 820 g/mol. The number of aliphatic hydroxyl groups excluding tert-OH is 2. The maximum atomic E-state index is 12.9. The van der Waals surface area contributed by atoms with Crippen LogP contribution in [0.25, 0.3) is 21.5 Å². The van der Waals surface area contributed by atoms with Crippen molar-refractivity contribution in [2.24, 2.45) is 23.7 Å². The summed E-state index contributed by atoms with van der Waals surface area (Å²) < 4.78 is 11.7. The van der Waals surface area contributed by atoms with Crippen LogP contribution in [0.2, 0.25) is 0 Å². The Labute approximate surface area is 354 Å². The Kier molecular flexibility index (Phi) is 15.8. The Morgan fingerprint density at radius 3 is 1.18 bits per heavy atom.